The number of halogens is 1. The molecule has 0 spiro atoms. The molecule has 5 nitrogen and oxygen atoms in total. The van der Waals surface area contributed by atoms with Crippen LogP contribution in [0.25, 0.3) is 0 Å². The second-order valence-electron chi connectivity index (χ2n) is 2.89. The first-order valence-corrected chi connectivity index (χ1v) is 5.24. The molecule has 0 atom stereocenters. The lowest BCUT2D eigenvalue weighted by atomic mass is 10.5. The van der Waals surface area contributed by atoms with Gasteiger partial charge in [0.15, 0.2) is 10.3 Å². The first-order valence-electron chi connectivity index (χ1n) is 4.05. The number of rotatable bonds is 3. The number of likely N-dealkylation sites (N-methyl/N-ethyl adjacent to an activating group) is 1. The van der Waals surface area contributed by atoms with Crippen LogP contribution in [-0.4, -0.2) is 36.4 Å². The molecule has 0 bridgehead atoms. The highest BCUT2D eigenvalue weighted by molar-refractivity contribution is 7.16. The number of thiazole rings is 1. The molecule has 0 unspecified atom stereocenters. The number of carbonyl (C=O) groups is 1. The summed E-state index contributed by atoms with van der Waals surface area (Å²) in [5, 5.41) is 12.1. The zero-order valence-corrected chi connectivity index (χ0v) is 9.82. The van der Waals surface area contributed by atoms with Gasteiger partial charge in [0.2, 0.25) is 5.91 Å². The Kier molecular flexibility index (Phi) is 3.88. The summed E-state index contributed by atoms with van der Waals surface area (Å²) >= 11 is 6.79. The van der Waals surface area contributed by atoms with Crippen molar-refractivity contribution in [2.24, 2.45) is 0 Å². The molecular formula is C8H9ClN4OS. The fourth-order valence-corrected chi connectivity index (χ4v) is 1.70. The van der Waals surface area contributed by atoms with Crippen LogP contribution in [0.3, 0.4) is 0 Å². The third-order valence-corrected chi connectivity index (χ3v) is 2.88. The maximum atomic E-state index is 11.2. The van der Waals surface area contributed by atoms with Crippen LogP contribution in [0.5, 0.6) is 0 Å². The zero-order valence-electron chi connectivity index (χ0n) is 8.24. The Balaban J connectivity index is 2.59. The minimum absolute atomic E-state index is 0.0696. The van der Waals surface area contributed by atoms with E-state index in [1.54, 1.807) is 14.1 Å². The molecule has 0 radical (unpaired) electrons. The second kappa shape index (κ2) is 4.96. The number of nitrogens with one attached hydrogen (secondary N) is 1. The Labute approximate surface area is 96.3 Å². The van der Waals surface area contributed by atoms with Gasteiger partial charge < -0.3 is 10.2 Å². The van der Waals surface area contributed by atoms with Crippen LogP contribution in [0.15, 0.2) is 0 Å². The van der Waals surface area contributed by atoms with Crippen molar-refractivity contribution in [2.75, 3.05) is 26.0 Å². The smallest absolute Gasteiger partial charge is 0.241 e. The van der Waals surface area contributed by atoms with Gasteiger partial charge in [-0.2, -0.15) is 5.26 Å². The van der Waals surface area contributed by atoms with Crippen molar-refractivity contribution in [2.45, 2.75) is 0 Å². The maximum Gasteiger partial charge on any atom is 0.241 e. The monoisotopic (exact) mass is 244 g/mol. The molecule has 1 aromatic heterocycles. The molecule has 0 aliphatic heterocycles. The molecule has 0 saturated heterocycles. The van der Waals surface area contributed by atoms with Crippen LogP contribution < -0.4 is 5.32 Å². The minimum Gasteiger partial charge on any atom is -0.352 e. The quantitative estimate of drug-likeness (QED) is 0.867. The van der Waals surface area contributed by atoms with Crippen molar-refractivity contribution < 1.29 is 4.79 Å². The number of hydrogen-bond acceptors (Lipinski definition) is 5. The average molecular weight is 245 g/mol. The molecule has 0 aromatic carbocycles. The molecular weight excluding hydrogens is 236 g/mol. The van der Waals surface area contributed by atoms with Crippen molar-refractivity contribution in [1.82, 2.24) is 9.88 Å². The molecule has 1 amide bonds. The van der Waals surface area contributed by atoms with Crippen LogP contribution >= 0.6 is 22.9 Å². The lowest BCUT2D eigenvalue weighted by molar-refractivity contribution is -0.126. The predicted octanol–water partition coefficient (Wildman–Crippen LogP) is 1.17. The number of nitrogens with zero attached hydrogens (tertiary/aromatic N) is 3. The molecule has 0 saturated carbocycles. The van der Waals surface area contributed by atoms with Gasteiger partial charge in [0.1, 0.15) is 10.9 Å². The fourth-order valence-electron chi connectivity index (χ4n) is 0.755. The maximum absolute atomic E-state index is 11.2. The predicted molar refractivity (Wildman–Crippen MR) is 59.0 cm³/mol. The van der Waals surface area contributed by atoms with E-state index in [2.05, 4.69) is 10.3 Å². The number of carbonyl (C=O) groups excluding carboxylic acids is 1. The third kappa shape index (κ3) is 3.08. The van der Waals surface area contributed by atoms with E-state index in [1.165, 1.54) is 4.90 Å². The topological polar surface area (TPSA) is 69.0 Å². The van der Waals surface area contributed by atoms with Gasteiger partial charge >= 0.3 is 0 Å². The number of hydrogen-bond donors (Lipinski definition) is 1. The molecule has 80 valence electrons. The highest BCUT2D eigenvalue weighted by Crippen LogP contribution is 2.25. The van der Waals surface area contributed by atoms with E-state index in [0.29, 0.717) is 10.0 Å². The van der Waals surface area contributed by atoms with Gasteiger partial charge in [-0.05, 0) is 0 Å². The Bertz CT molecular complexity index is 409. The molecule has 0 aliphatic rings. The largest absolute Gasteiger partial charge is 0.352 e. The average Bonchev–Trinajstić information content (AvgIpc) is 2.55. The van der Waals surface area contributed by atoms with Gasteiger partial charge in [0.05, 0.1) is 6.54 Å². The molecule has 1 aromatic rings. The SMILES string of the molecule is CN(C)C(=O)CNc1nc(Cl)c(C#N)s1. The van der Waals surface area contributed by atoms with Gasteiger partial charge in [0, 0.05) is 14.1 Å². The van der Waals surface area contributed by atoms with Crippen LogP contribution in [0, 0.1) is 11.3 Å². The van der Waals surface area contributed by atoms with E-state index in [4.69, 9.17) is 16.9 Å². The first kappa shape index (κ1) is 11.8. The van der Waals surface area contributed by atoms with Crippen LogP contribution in [-0.2, 0) is 4.79 Å². The van der Waals surface area contributed by atoms with Gasteiger partial charge in [-0.25, -0.2) is 4.98 Å². The van der Waals surface area contributed by atoms with Crippen molar-refractivity contribution in [1.29, 1.82) is 5.26 Å². The standard InChI is InChI=1S/C8H9ClN4OS/c1-13(2)6(14)4-11-8-12-7(9)5(3-10)15-8/h4H2,1-2H3,(H,11,12). The Morgan fingerprint density at radius 3 is 2.87 bits per heavy atom. The summed E-state index contributed by atoms with van der Waals surface area (Å²) in [5.41, 5.74) is 0. The summed E-state index contributed by atoms with van der Waals surface area (Å²) in [6.07, 6.45) is 0. The summed E-state index contributed by atoms with van der Waals surface area (Å²) in [6, 6.07) is 1.91. The summed E-state index contributed by atoms with van der Waals surface area (Å²) in [5.74, 6) is -0.0696. The molecule has 1 rings (SSSR count). The van der Waals surface area contributed by atoms with Crippen molar-refractivity contribution in [3.05, 3.63) is 10.0 Å². The minimum atomic E-state index is -0.0696. The van der Waals surface area contributed by atoms with Crippen LogP contribution in [0.4, 0.5) is 5.13 Å². The number of anilines is 1. The number of aromatic nitrogens is 1. The van der Waals surface area contributed by atoms with Gasteiger partial charge in [-0.3, -0.25) is 4.79 Å². The zero-order chi connectivity index (χ0) is 11.4. The second-order valence-corrected chi connectivity index (χ2v) is 4.25. The number of amides is 1. The molecule has 15 heavy (non-hydrogen) atoms. The Hall–Kier alpha value is -1.32. The highest BCUT2D eigenvalue weighted by atomic mass is 35.5. The lowest BCUT2D eigenvalue weighted by Gasteiger charge is -2.09. The van der Waals surface area contributed by atoms with E-state index < -0.39 is 0 Å². The molecule has 0 aliphatic carbocycles. The summed E-state index contributed by atoms with van der Waals surface area (Å²) < 4.78 is 0. The van der Waals surface area contributed by atoms with E-state index >= 15 is 0 Å². The van der Waals surface area contributed by atoms with Crippen LogP contribution in [0.2, 0.25) is 5.15 Å². The molecule has 7 heteroatoms. The third-order valence-electron chi connectivity index (χ3n) is 1.58. The highest BCUT2D eigenvalue weighted by Gasteiger charge is 2.10. The van der Waals surface area contributed by atoms with Crippen molar-refractivity contribution >= 4 is 34.0 Å². The van der Waals surface area contributed by atoms with Crippen molar-refractivity contribution in [3.8, 4) is 6.07 Å². The van der Waals surface area contributed by atoms with Gasteiger partial charge in [-0.15, -0.1) is 0 Å². The van der Waals surface area contributed by atoms with E-state index in [9.17, 15) is 4.79 Å². The summed E-state index contributed by atoms with van der Waals surface area (Å²) in [6.45, 7) is 0.141. The lowest BCUT2D eigenvalue weighted by Crippen LogP contribution is -2.28. The Morgan fingerprint density at radius 2 is 2.40 bits per heavy atom. The number of nitriles is 1. The van der Waals surface area contributed by atoms with Crippen molar-refractivity contribution in [3.63, 3.8) is 0 Å². The van der Waals surface area contributed by atoms with E-state index in [0.717, 1.165) is 11.3 Å². The molecule has 0 fully saturated rings. The van der Waals surface area contributed by atoms with Gasteiger partial charge in [0.25, 0.3) is 0 Å². The summed E-state index contributed by atoms with van der Waals surface area (Å²) in [4.78, 5) is 16.9. The fraction of sp³-hybridized carbons (Fsp3) is 0.375. The summed E-state index contributed by atoms with van der Waals surface area (Å²) in [7, 11) is 3.33. The van der Waals surface area contributed by atoms with Crippen LogP contribution in [0.1, 0.15) is 4.88 Å². The molecule has 1 N–H and O–H groups in total. The molecule has 1 heterocycles. The normalized spacial score (nSPS) is 9.47. The van der Waals surface area contributed by atoms with E-state index in [-0.39, 0.29) is 17.6 Å². The van der Waals surface area contributed by atoms with E-state index in [1.807, 2.05) is 6.07 Å². The first-order chi connectivity index (χ1) is 7.04. The van der Waals surface area contributed by atoms with Gasteiger partial charge in [-0.1, -0.05) is 22.9 Å². The Morgan fingerprint density at radius 1 is 1.73 bits per heavy atom.